The molecule has 0 radical (unpaired) electrons. The maximum absolute atomic E-state index is 15.4. The number of allylic oxidation sites excluding steroid dienone is 1. The van der Waals surface area contributed by atoms with E-state index >= 15 is 4.39 Å². The van der Waals surface area contributed by atoms with E-state index in [-0.39, 0.29) is 5.82 Å². The molecule has 0 heterocycles. The highest BCUT2D eigenvalue weighted by atomic mass is 19.1. The van der Waals surface area contributed by atoms with Gasteiger partial charge in [-0.1, -0.05) is 94.7 Å². The number of rotatable bonds is 9. The van der Waals surface area contributed by atoms with E-state index in [1.54, 1.807) is 0 Å². The van der Waals surface area contributed by atoms with Gasteiger partial charge in [0.15, 0.2) is 0 Å². The van der Waals surface area contributed by atoms with E-state index in [1.807, 2.05) is 12.1 Å². The van der Waals surface area contributed by atoms with Crippen LogP contribution in [0.2, 0.25) is 0 Å². The van der Waals surface area contributed by atoms with Crippen molar-refractivity contribution in [2.45, 2.75) is 103 Å². The Kier molecular flexibility index (Phi) is 8.44. The summed E-state index contributed by atoms with van der Waals surface area (Å²) >= 11 is 0. The van der Waals surface area contributed by atoms with Crippen LogP contribution in [0.1, 0.15) is 107 Å². The number of hydrogen-bond acceptors (Lipinski definition) is 0. The van der Waals surface area contributed by atoms with Gasteiger partial charge in [-0.2, -0.15) is 0 Å². The van der Waals surface area contributed by atoms with Crippen LogP contribution in [0.4, 0.5) is 4.39 Å². The highest BCUT2D eigenvalue weighted by Gasteiger charge is 2.26. The lowest BCUT2D eigenvalue weighted by atomic mass is 9.74. The molecular formula is C31H43F. The largest absolute Gasteiger partial charge is 0.206 e. The second kappa shape index (κ2) is 11.5. The van der Waals surface area contributed by atoms with E-state index in [9.17, 15) is 0 Å². The Morgan fingerprint density at radius 1 is 0.844 bits per heavy atom. The molecule has 0 nitrogen and oxygen atoms in total. The molecule has 0 saturated heterocycles. The summed E-state index contributed by atoms with van der Waals surface area (Å²) < 4.78 is 15.4. The summed E-state index contributed by atoms with van der Waals surface area (Å²) in [5.41, 5.74) is 2.23. The minimum absolute atomic E-state index is 0.0325. The minimum Gasteiger partial charge on any atom is -0.206 e. The molecule has 0 aliphatic heterocycles. The molecule has 2 aliphatic rings. The first-order valence-corrected chi connectivity index (χ1v) is 13.5. The van der Waals surface area contributed by atoms with Crippen LogP contribution in [-0.4, -0.2) is 0 Å². The Balaban J connectivity index is 1.28. The minimum atomic E-state index is 0.0325. The molecule has 32 heavy (non-hydrogen) atoms. The summed E-state index contributed by atoms with van der Waals surface area (Å²) in [5, 5.41) is 1.83. The standard InChI is InChI=1S/C31H43F/c1-3-5-7-26-16-20-30-28(22-26)19-21-29(31(30)32)27-17-14-25(15-18-27)13-12-24-10-8-23(6-4-2)9-11-24/h3,16,19-25,27H,1,4-15,17-18H2,2H3. The van der Waals surface area contributed by atoms with E-state index in [2.05, 4.69) is 37.8 Å². The maximum atomic E-state index is 15.4. The Bertz CT molecular complexity index is 865. The Hall–Kier alpha value is -1.63. The van der Waals surface area contributed by atoms with E-state index < -0.39 is 0 Å². The smallest absolute Gasteiger partial charge is 0.134 e. The van der Waals surface area contributed by atoms with Gasteiger partial charge in [0.25, 0.3) is 0 Å². The van der Waals surface area contributed by atoms with Crippen LogP contribution in [0.15, 0.2) is 43.0 Å². The molecule has 2 aliphatic carbocycles. The summed E-state index contributed by atoms with van der Waals surface area (Å²) in [6, 6.07) is 10.5. The molecule has 2 aromatic rings. The lowest BCUT2D eigenvalue weighted by molar-refractivity contribution is 0.223. The number of halogens is 1. The summed E-state index contributed by atoms with van der Waals surface area (Å²) in [6.07, 6.45) is 20.3. The topological polar surface area (TPSA) is 0 Å². The quantitative estimate of drug-likeness (QED) is 0.344. The zero-order chi connectivity index (χ0) is 22.3. The van der Waals surface area contributed by atoms with Gasteiger partial charge in [-0.3, -0.25) is 0 Å². The average molecular weight is 435 g/mol. The monoisotopic (exact) mass is 434 g/mol. The van der Waals surface area contributed by atoms with Gasteiger partial charge in [0.2, 0.25) is 0 Å². The SMILES string of the molecule is C=CCCc1ccc2c(F)c(C3CCC(CCC4CCC(CCC)CC4)CC3)ccc2c1. The fraction of sp³-hybridized carbons (Fsp3) is 0.613. The molecular weight excluding hydrogens is 391 g/mol. The number of fused-ring (bicyclic) bond motifs is 1. The van der Waals surface area contributed by atoms with Crippen LogP contribution in [0, 0.1) is 23.6 Å². The molecule has 174 valence electrons. The van der Waals surface area contributed by atoms with Crippen LogP contribution < -0.4 is 0 Å². The lowest BCUT2D eigenvalue weighted by Crippen LogP contribution is -2.18. The molecule has 1 heteroatoms. The van der Waals surface area contributed by atoms with Crippen molar-refractivity contribution >= 4 is 10.8 Å². The predicted octanol–water partition coefficient (Wildman–Crippen LogP) is 9.76. The van der Waals surface area contributed by atoms with E-state index in [4.69, 9.17) is 0 Å². The van der Waals surface area contributed by atoms with Crippen LogP contribution in [-0.2, 0) is 6.42 Å². The molecule has 0 atom stereocenters. The highest BCUT2D eigenvalue weighted by Crippen LogP contribution is 2.41. The van der Waals surface area contributed by atoms with Gasteiger partial charge in [-0.05, 0) is 78.7 Å². The van der Waals surface area contributed by atoms with Crippen molar-refractivity contribution < 1.29 is 4.39 Å². The summed E-state index contributed by atoms with van der Waals surface area (Å²) in [6.45, 7) is 6.13. The first kappa shape index (κ1) is 23.5. The highest BCUT2D eigenvalue weighted by molar-refractivity contribution is 5.84. The molecule has 0 unspecified atom stereocenters. The maximum Gasteiger partial charge on any atom is 0.134 e. The Morgan fingerprint density at radius 3 is 2.09 bits per heavy atom. The van der Waals surface area contributed by atoms with Crippen molar-refractivity contribution in [3.63, 3.8) is 0 Å². The second-order valence-corrected chi connectivity index (χ2v) is 10.8. The number of aryl methyl sites for hydroxylation is 1. The van der Waals surface area contributed by atoms with Gasteiger partial charge >= 0.3 is 0 Å². The van der Waals surface area contributed by atoms with E-state index in [0.29, 0.717) is 5.92 Å². The second-order valence-electron chi connectivity index (χ2n) is 10.8. The van der Waals surface area contributed by atoms with Gasteiger partial charge < -0.3 is 0 Å². The third kappa shape index (κ3) is 5.83. The molecule has 2 saturated carbocycles. The van der Waals surface area contributed by atoms with Crippen LogP contribution >= 0.6 is 0 Å². The first-order chi connectivity index (χ1) is 15.7. The van der Waals surface area contributed by atoms with Crippen LogP contribution in [0.5, 0.6) is 0 Å². The molecule has 0 bridgehead atoms. The van der Waals surface area contributed by atoms with Gasteiger partial charge in [0, 0.05) is 5.39 Å². The first-order valence-electron chi connectivity index (χ1n) is 13.5. The lowest BCUT2D eigenvalue weighted by Gasteiger charge is -2.32. The van der Waals surface area contributed by atoms with Crippen molar-refractivity contribution in [1.29, 1.82) is 0 Å². The fourth-order valence-electron chi connectivity index (χ4n) is 6.55. The Labute approximate surface area is 195 Å². The fourth-order valence-corrected chi connectivity index (χ4v) is 6.55. The summed E-state index contributed by atoms with van der Waals surface area (Å²) in [7, 11) is 0. The third-order valence-electron chi connectivity index (χ3n) is 8.62. The van der Waals surface area contributed by atoms with E-state index in [1.165, 1.54) is 69.8 Å². The number of benzene rings is 2. The van der Waals surface area contributed by atoms with Gasteiger partial charge in [0.1, 0.15) is 5.82 Å². The van der Waals surface area contributed by atoms with Gasteiger partial charge in [-0.25, -0.2) is 4.39 Å². The predicted molar refractivity (Wildman–Crippen MR) is 137 cm³/mol. The van der Waals surface area contributed by atoms with Crippen molar-refractivity contribution in [2.75, 3.05) is 0 Å². The Morgan fingerprint density at radius 2 is 1.47 bits per heavy atom. The molecule has 0 aromatic heterocycles. The normalized spacial score (nSPS) is 26.3. The van der Waals surface area contributed by atoms with Gasteiger partial charge in [-0.15, -0.1) is 6.58 Å². The summed E-state index contributed by atoms with van der Waals surface area (Å²) in [5.74, 6) is 3.30. The zero-order valence-electron chi connectivity index (χ0n) is 20.3. The van der Waals surface area contributed by atoms with Gasteiger partial charge in [0.05, 0.1) is 0 Å². The van der Waals surface area contributed by atoms with Crippen molar-refractivity contribution in [3.8, 4) is 0 Å². The molecule has 2 fully saturated rings. The van der Waals surface area contributed by atoms with Crippen LogP contribution in [0.25, 0.3) is 10.8 Å². The van der Waals surface area contributed by atoms with E-state index in [0.717, 1.165) is 59.8 Å². The van der Waals surface area contributed by atoms with Crippen LogP contribution in [0.3, 0.4) is 0 Å². The average Bonchev–Trinajstić information content (AvgIpc) is 2.83. The van der Waals surface area contributed by atoms with Crippen molar-refractivity contribution in [1.82, 2.24) is 0 Å². The van der Waals surface area contributed by atoms with Crippen molar-refractivity contribution in [3.05, 3.63) is 59.9 Å². The molecule has 0 spiro atoms. The molecule has 4 rings (SSSR count). The zero-order valence-corrected chi connectivity index (χ0v) is 20.3. The molecule has 0 amide bonds. The molecule has 2 aromatic carbocycles. The summed E-state index contributed by atoms with van der Waals surface area (Å²) in [4.78, 5) is 0. The van der Waals surface area contributed by atoms with Crippen molar-refractivity contribution in [2.24, 2.45) is 17.8 Å². The number of hydrogen-bond donors (Lipinski definition) is 0. The third-order valence-corrected chi connectivity index (χ3v) is 8.62. The molecule has 0 N–H and O–H groups in total.